The summed E-state index contributed by atoms with van der Waals surface area (Å²) in [5, 5.41) is 12.6. The molecule has 2 aromatic heterocycles. The Hall–Kier alpha value is -1.17. The van der Waals surface area contributed by atoms with Crippen LogP contribution < -0.4 is 0 Å². The summed E-state index contributed by atoms with van der Waals surface area (Å²) in [7, 11) is 0. The molecule has 0 aliphatic carbocycles. The molecule has 0 saturated carbocycles. The lowest BCUT2D eigenvalue weighted by molar-refractivity contribution is 0.102. The molecule has 0 aromatic carbocycles. The first-order valence-corrected chi connectivity index (χ1v) is 9.62. The van der Waals surface area contributed by atoms with Crippen LogP contribution in [0.25, 0.3) is 0 Å². The maximum atomic E-state index is 10.5. The quantitative estimate of drug-likeness (QED) is 0.840. The van der Waals surface area contributed by atoms with Crippen LogP contribution in [-0.2, 0) is 6.54 Å². The molecule has 1 fully saturated rings. The zero-order valence-corrected chi connectivity index (χ0v) is 14.5. The molecule has 2 unspecified atom stereocenters. The van der Waals surface area contributed by atoms with E-state index in [1.54, 1.807) is 11.3 Å². The van der Waals surface area contributed by atoms with Gasteiger partial charge in [0.1, 0.15) is 0 Å². The Balaban J connectivity index is 1.53. The number of nitrogens with zero attached hydrogens (tertiary/aromatic N) is 3. The van der Waals surface area contributed by atoms with Crippen molar-refractivity contribution in [3.8, 4) is 0 Å². The van der Waals surface area contributed by atoms with Crippen LogP contribution in [0, 0.1) is 0 Å². The lowest BCUT2D eigenvalue weighted by atomic mass is 10.0. The van der Waals surface area contributed by atoms with Crippen LogP contribution in [0.1, 0.15) is 49.5 Å². The van der Waals surface area contributed by atoms with E-state index in [2.05, 4.69) is 25.9 Å². The van der Waals surface area contributed by atoms with Gasteiger partial charge in [-0.15, -0.1) is 11.3 Å². The molecule has 0 spiro atoms. The van der Waals surface area contributed by atoms with Gasteiger partial charge in [-0.2, -0.15) is 0 Å². The van der Waals surface area contributed by atoms with Crippen molar-refractivity contribution >= 4 is 11.3 Å². The Bertz CT molecular complexity index is 541. The zero-order chi connectivity index (χ0) is 15.9. The molecule has 1 aliphatic heterocycles. The number of aryl methyl sites for hydroxylation is 1. The summed E-state index contributed by atoms with van der Waals surface area (Å²) in [6.45, 7) is 3.31. The van der Waals surface area contributed by atoms with Crippen molar-refractivity contribution in [1.82, 2.24) is 14.5 Å². The van der Waals surface area contributed by atoms with E-state index in [0.29, 0.717) is 6.04 Å². The van der Waals surface area contributed by atoms with Crippen molar-refractivity contribution in [3.05, 3.63) is 41.1 Å². The Morgan fingerprint density at radius 2 is 2.26 bits per heavy atom. The highest BCUT2D eigenvalue weighted by molar-refractivity contribution is 7.10. The van der Waals surface area contributed by atoms with Gasteiger partial charge in [-0.05, 0) is 43.7 Å². The summed E-state index contributed by atoms with van der Waals surface area (Å²) in [5.74, 6) is 0. The normalized spacial score (nSPS) is 21.2. The van der Waals surface area contributed by atoms with Crippen LogP contribution in [0.15, 0.2) is 36.2 Å². The Morgan fingerprint density at radius 1 is 1.30 bits per heavy atom. The smallest absolute Gasteiger partial charge is 0.0945 e. The molecule has 23 heavy (non-hydrogen) atoms. The summed E-state index contributed by atoms with van der Waals surface area (Å²) in [6, 6.07) is 4.59. The zero-order valence-electron chi connectivity index (χ0n) is 13.7. The van der Waals surface area contributed by atoms with E-state index in [1.165, 1.54) is 32.2 Å². The predicted molar refractivity (Wildman–Crippen MR) is 94.6 cm³/mol. The van der Waals surface area contributed by atoms with Crippen molar-refractivity contribution < 1.29 is 5.11 Å². The minimum Gasteiger partial charge on any atom is -0.388 e. The van der Waals surface area contributed by atoms with Gasteiger partial charge in [0.2, 0.25) is 0 Å². The molecule has 1 N–H and O–H groups in total. The topological polar surface area (TPSA) is 41.3 Å². The predicted octanol–water partition coefficient (Wildman–Crippen LogP) is 3.70. The van der Waals surface area contributed by atoms with Crippen LogP contribution in [0.2, 0.25) is 0 Å². The molecule has 2 aromatic rings. The summed E-state index contributed by atoms with van der Waals surface area (Å²) < 4.78 is 2.15. The Kier molecular flexibility index (Phi) is 6.25. The number of aliphatic hydroxyl groups excluding tert-OH is 1. The Labute approximate surface area is 142 Å². The minimum absolute atomic E-state index is 0.311. The second-order valence-corrected chi connectivity index (χ2v) is 7.44. The van der Waals surface area contributed by atoms with Gasteiger partial charge in [0.15, 0.2) is 0 Å². The van der Waals surface area contributed by atoms with E-state index >= 15 is 0 Å². The number of imidazole rings is 1. The first kappa shape index (κ1) is 16.7. The van der Waals surface area contributed by atoms with Gasteiger partial charge in [-0.1, -0.05) is 18.9 Å². The van der Waals surface area contributed by atoms with Gasteiger partial charge in [0.25, 0.3) is 0 Å². The highest BCUT2D eigenvalue weighted by Gasteiger charge is 2.24. The number of aliphatic hydroxyl groups is 1. The number of thiophene rings is 1. The van der Waals surface area contributed by atoms with Crippen molar-refractivity contribution in [2.75, 3.05) is 13.1 Å². The van der Waals surface area contributed by atoms with Gasteiger partial charge in [-0.3, -0.25) is 0 Å². The summed E-state index contributed by atoms with van der Waals surface area (Å²) >= 11 is 1.66. The molecule has 0 amide bonds. The molecular formula is C18H27N3OS. The molecule has 2 atom stereocenters. The third-order valence-electron chi connectivity index (χ3n) is 4.79. The van der Waals surface area contributed by atoms with Gasteiger partial charge in [-0.25, -0.2) is 4.98 Å². The first-order chi connectivity index (χ1) is 11.3. The van der Waals surface area contributed by atoms with Crippen LogP contribution in [0.5, 0.6) is 0 Å². The average molecular weight is 334 g/mol. The maximum Gasteiger partial charge on any atom is 0.0945 e. The van der Waals surface area contributed by atoms with Crippen LogP contribution >= 0.6 is 11.3 Å². The first-order valence-electron chi connectivity index (χ1n) is 8.74. The fraction of sp³-hybridized carbons (Fsp3) is 0.611. The highest BCUT2D eigenvalue weighted by Crippen LogP contribution is 2.28. The van der Waals surface area contributed by atoms with Gasteiger partial charge < -0.3 is 14.6 Å². The van der Waals surface area contributed by atoms with E-state index in [9.17, 15) is 5.11 Å². The van der Waals surface area contributed by atoms with E-state index in [4.69, 9.17) is 0 Å². The SMILES string of the molecule is OC(CC1CCCCCN1CCCn1ccnc1)c1cccs1. The molecular weight excluding hydrogens is 306 g/mol. The number of rotatable bonds is 7. The Morgan fingerprint density at radius 3 is 3.04 bits per heavy atom. The van der Waals surface area contributed by atoms with E-state index < -0.39 is 0 Å². The molecule has 3 rings (SSSR count). The second-order valence-electron chi connectivity index (χ2n) is 6.46. The molecule has 5 heteroatoms. The average Bonchev–Trinajstić information content (AvgIpc) is 3.22. The summed E-state index contributed by atoms with van der Waals surface area (Å²) in [4.78, 5) is 7.82. The number of likely N-dealkylation sites (tertiary alicyclic amines) is 1. The fourth-order valence-electron chi connectivity index (χ4n) is 3.53. The number of hydrogen-bond acceptors (Lipinski definition) is 4. The number of aromatic nitrogens is 2. The van der Waals surface area contributed by atoms with Gasteiger partial charge >= 0.3 is 0 Å². The highest BCUT2D eigenvalue weighted by atomic mass is 32.1. The fourth-order valence-corrected chi connectivity index (χ4v) is 4.25. The summed E-state index contributed by atoms with van der Waals surface area (Å²) in [6.07, 6.45) is 12.6. The summed E-state index contributed by atoms with van der Waals surface area (Å²) in [5.41, 5.74) is 0. The standard InChI is InChI=1S/C18H27N3OS/c22-17(18-7-4-13-23-18)14-16-6-2-1-3-10-21(16)11-5-9-20-12-8-19-15-20/h4,7-8,12-13,15-17,22H,1-3,5-6,9-11,14H2. The lowest BCUT2D eigenvalue weighted by Crippen LogP contribution is -2.37. The van der Waals surface area contributed by atoms with Crippen molar-refractivity contribution in [3.63, 3.8) is 0 Å². The monoisotopic (exact) mass is 333 g/mol. The molecule has 0 radical (unpaired) electrons. The minimum atomic E-state index is -0.311. The molecule has 3 heterocycles. The largest absolute Gasteiger partial charge is 0.388 e. The van der Waals surface area contributed by atoms with Crippen LogP contribution in [-0.4, -0.2) is 38.7 Å². The van der Waals surface area contributed by atoms with Crippen LogP contribution in [0.4, 0.5) is 0 Å². The van der Waals surface area contributed by atoms with E-state index in [1.807, 2.05) is 24.8 Å². The molecule has 126 valence electrons. The molecule has 1 aliphatic rings. The second kappa shape index (κ2) is 8.62. The maximum absolute atomic E-state index is 10.5. The van der Waals surface area contributed by atoms with Crippen molar-refractivity contribution in [2.45, 2.75) is 57.2 Å². The van der Waals surface area contributed by atoms with Crippen LogP contribution in [0.3, 0.4) is 0 Å². The molecule has 4 nitrogen and oxygen atoms in total. The lowest BCUT2D eigenvalue weighted by Gasteiger charge is -2.31. The van der Waals surface area contributed by atoms with Gasteiger partial charge in [0.05, 0.1) is 12.4 Å². The van der Waals surface area contributed by atoms with Gasteiger partial charge in [0, 0.05) is 36.4 Å². The third kappa shape index (κ3) is 4.90. The molecule has 0 bridgehead atoms. The third-order valence-corrected chi connectivity index (χ3v) is 5.76. The van der Waals surface area contributed by atoms with Crippen molar-refractivity contribution in [2.24, 2.45) is 0 Å². The number of hydrogen-bond donors (Lipinski definition) is 1. The van der Waals surface area contributed by atoms with Crippen molar-refractivity contribution in [1.29, 1.82) is 0 Å². The van der Waals surface area contributed by atoms with E-state index in [0.717, 1.165) is 30.8 Å². The van der Waals surface area contributed by atoms with E-state index in [-0.39, 0.29) is 6.10 Å². The molecule has 1 saturated heterocycles.